The predicted octanol–water partition coefficient (Wildman–Crippen LogP) is 2.19. The second kappa shape index (κ2) is 8.24. The predicted molar refractivity (Wildman–Crippen MR) is 78.6 cm³/mol. The van der Waals surface area contributed by atoms with Crippen molar-refractivity contribution in [1.82, 2.24) is 25.5 Å². The second-order valence-corrected chi connectivity index (χ2v) is 6.13. The molecule has 1 saturated carbocycles. The highest BCUT2D eigenvalue weighted by atomic mass is 32.2. The standard InChI is InChI=1S/C13H23N5OS/c1-2-3-6-9-14-12(19)10-20-13-15-16-17-18(13)11-7-4-5-8-11/h11H,2-10H2,1H3,(H,14,19). The Labute approximate surface area is 124 Å². The summed E-state index contributed by atoms with van der Waals surface area (Å²) in [7, 11) is 0. The molecule has 0 spiro atoms. The number of carbonyl (C=O) groups excluding carboxylic acids is 1. The first-order valence-electron chi connectivity index (χ1n) is 7.48. The van der Waals surface area contributed by atoms with Gasteiger partial charge >= 0.3 is 0 Å². The summed E-state index contributed by atoms with van der Waals surface area (Å²) >= 11 is 1.43. The molecule has 1 aromatic rings. The van der Waals surface area contributed by atoms with Gasteiger partial charge in [0.05, 0.1) is 11.8 Å². The first-order chi connectivity index (χ1) is 9.81. The van der Waals surface area contributed by atoms with Crippen molar-refractivity contribution in [3.05, 3.63) is 0 Å². The van der Waals surface area contributed by atoms with E-state index in [4.69, 9.17) is 0 Å². The minimum atomic E-state index is 0.0621. The van der Waals surface area contributed by atoms with Crippen LogP contribution in [0.4, 0.5) is 0 Å². The molecule has 1 N–H and O–H groups in total. The van der Waals surface area contributed by atoms with Crippen LogP contribution in [0.3, 0.4) is 0 Å². The smallest absolute Gasteiger partial charge is 0.230 e. The molecule has 1 aliphatic rings. The average Bonchev–Trinajstić information content (AvgIpc) is 3.11. The van der Waals surface area contributed by atoms with Crippen LogP contribution < -0.4 is 5.32 Å². The van der Waals surface area contributed by atoms with Gasteiger partial charge in [0, 0.05) is 6.54 Å². The molecule has 1 fully saturated rings. The Kier molecular flexibility index (Phi) is 6.29. The number of hydrogen-bond donors (Lipinski definition) is 1. The van der Waals surface area contributed by atoms with Gasteiger partial charge < -0.3 is 5.32 Å². The summed E-state index contributed by atoms with van der Waals surface area (Å²) in [4.78, 5) is 11.7. The van der Waals surface area contributed by atoms with Gasteiger partial charge in [-0.1, -0.05) is 44.4 Å². The van der Waals surface area contributed by atoms with E-state index < -0.39 is 0 Å². The summed E-state index contributed by atoms with van der Waals surface area (Å²) in [5.41, 5.74) is 0. The van der Waals surface area contributed by atoms with Gasteiger partial charge in [0.15, 0.2) is 0 Å². The SMILES string of the molecule is CCCCCNC(=O)CSc1nnnn1C1CCCC1. The number of unbranched alkanes of at least 4 members (excludes halogenated alkanes) is 2. The maximum absolute atomic E-state index is 11.7. The topological polar surface area (TPSA) is 72.7 Å². The second-order valence-electron chi connectivity index (χ2n) is 5.19. The first-order valence-corrected chi connectivity index (χ1v) is 8.47. The van der Waals surface area contributed by atoms with E-state index in [2.05, 4.69) is 27.8 Å². The van der Waals surface area contributed by atoms with Gasteiger partial charge in [-0.2, -0.15) is 0 Å². The molecule has 0 unspecified atom stereocenters. The third-order valence-electron chi connectivity index (χ3n) is 3.57. The van der Waals surface area contributed by atoms with Gasteiger partial charge in [0.25, 0.3) is 0 Å². The van der Waals surface area contributed by atoms with Crippen molar-refractivity contribution in [3.8, 4) is 0 Å². The Hall–Kier alpha value is -1.11. The molecule has 0 saturated heterocycles. The number of thioether (sulfide) groups is 1. The average molecular weight is 297 g/mol. The number of nitrogens with one attached hydrogen (secondary N) is 1. The van der Waals surface area contributed by atoms with E-state index in [1.54, 1.807) is 0 Å². The molecule has 1 heterocycles. The highest BCUT2D eigenvalue weighted by Gasteiger charge is 2.21. The fourth-order valence-corrected chi connectivity index (χ4v) is 3.22. The van der Waals surface area contributed by atoms with Crippen LogP contribution >= 0.6 is 11.8 Å². The van der Waals surface area contributed by atoms with Gasteiger partial charge in [0.2, 0.25) is 11.1 Å². The summed E-state index contributed by atoms with van der Waals surface area (Å²) in [6.07, 6.45) is 8.14. The fraction of sp³-hybridized carbons (Fsp3) is 0.846. The Balaban J connectivity index is 1.73. The zero-order valence-electron chi connectivity index (χ0n) is 12.0. The van der Waals surface area contributed by atoms with Gasteiger partial charge in [-0.05, 0) is 29.7 Å². The highest BCUT2D eigenvalue weighted by Crippen LogP contribution is 2.31. The summed E-state index contributed by atoms with van der Waals surface area (Å²) < 4.78 is 1.89. The van der Waals surface area contributed by atoms with E-state index >= 15 is 0 Å². The zero-order chi connectivity index (χ0) is 14.2. The summed E-state index contributed by atoms with van der Waals surface area (Å²) in [5.74, 6) is 0.450. The van der Waals surface area contributed by atoms with Crippen molar-refractivity contribution in [2.24, 2.45) is 0 Å². The lowest BCUT2D eigenvalue weighted by molar-refractivity contribution is -0.118. The Morgan fingerprint density at radius 3 is 2.95 bits per heavy atom. The number of aromatic nitrogens is 4. The molecule has 0 radical (unpaired) electrons. The zero-order valence-corrected chi connectivity index (χ0v) is 12.9. The molecule has 6 nitrogen and oxygen atoms in total. The van der Waals surface area contributed by atoms with E-state index in [9.17, 15) is 4.79 Å². The molecule has 0 bridgehead atoms. The Morgan fingerprint density at radius 1 is 1.40 bits per heavy atom. The third-order valence-corrected chi connectivity index (χ3v) is 4.50. The van der Waals surface area contributed by atoms with Crippen LogP contribution in [0.5, 0.6) is 0 Å². The minimum absolute atomic E-state index is 0.0621. The maximum Gasteiger partial charge on any atom is 0.230 e. The van der Waals surface area contributed by atoms with Crippen LogP contribution in [0.15, 0.2) is 5.16 Å². The van der Waals surface area contributed by atoms with Gasteiger partial charge in [0.1, 0.15) is 0 Å². The molecule has 20 heavy (non-hydrogen) atoms. The lowest BCUT2D eigenvalue weighted by atomic mass is 10.2. The third kappa shape index (κ3) is 4.47. The molecule has 112 valence electrons. The summed E-state index contributed by atoms with van der Waals surface area (Å²) in [5, 5.41) is 15.5. The van der Waals surface area contributed by atoms with Gasteiger partial charge in [-0.25, -0.2) is 4.68 Å². The van der Waals surface area contributed by atoms with Crippen molar-refractivity contribution >= 4 is 17.7 Å². The normalized spacial score (nSPS) is 15.7. The van der Waals surface area contributed by atoms with Crippen molar-refractivity contribution in [3.63, 3.8) is 0 Å². The molecular weight excluding hydrogens is 274 g/mol. The highest BCUT2D eigenvalue weighted by molar-refractivity contribution is 7.99. The lowest BCUT2D eigenvalue weighted by Gasteiger charge is -2.10. The summed E-state index contributed by atoms with van der Waals surface area (Å²) in [6, 6.07) is 0.417. The molecule has 1 aromatic heterocycles. The Morgan fingerprint density at radius 2 is 2.20 bits per heavy atom. The molecule has 2 rings (SSSR count). The maximum atomic E-state index is 11.7. The van der Waals surface area contributed by atoms with Crippen molar-refractivity contribution in [1.29, 1.82) is 0 Å². The van der Waals surface area contributed by atoms with E-state index in [1.807, 2.05) is 4.68 Å². The van der Waals surface area contributed by atoms with Crippen molar-refractivity contribution in [2.45, 2.75) is 63.1 Å². The quantitative estimate of drug-likeness (QED) is 0.588. The fourth-order valence-electron chi connectivity index (χ4n) is 2.44. The van der Waals surface area contributed by atoms with Crippen LogP contribution in [0, 0.1) is 0 Å². The molecular formula is C13H23N5OS. The number of carbonyl (C=O) groups is 1. The first kappa shape index (κ1) is 15.3. The molecule has 1 aliphatic carbocycles. The number of amides is 1. The van der Waals surface area contributed by atoms with E-state index in [0.29, 0.717) is 11.8 Å². The van der Waals surface area contributed by atoms with Gasteiger partial charge in [-0.3, -0.25) is 4.79 Å². The lowest BCUT2D eigenvalue weighted by Crippen LogP contribution is -2.26. The van der Waals surface area contributed by atoms with Crippen LogP contribution in [0.25, 0.3) is 0 Å². The molecule has 0 aliphatic heterocycles. The largest absolute Gasteiger partial charge is 0.355 e. The van der Waals surface area contributed by atoms with Crippen LogP contribution in [0.2, 0.25) is 0 Å². The Bertz CT molecular complexity index is 417. The van der Waals surface area contributed by atoms with Crippen LogP contribution in [-0.4, -0.2) is 38.4 Å². The van der Waals surface area contributed by atoms with Crippen LogP contribution in [-0.2, 0) is 4.79 Å². The monoisotopic (exact) mass is 297 g/mol. The molecule has 7 heteroatoms. The molecule has 0 atom stereocenters. The molecule has 0 aromatic carbocycles. The molecule has 1 amide bonds. The number of rotatable bonds is 8. The van der Waals surface area contributed by atoms with E-state index in [-0.39, 0.29) is 5.91 Å². The van der Waals surface area contributed by atoms with Crippen molar-refractivity contribution in [2.75, 3.05) is 12.3 Å². The van der Waals surface area contributed by atoms with E-state index in [0.717, 1.165) is 37.4 Å². The van der Waals surface area contributed by atoms with Gasteiger partial charge in [-0.15, -0.1) is 5.10 Å². The minimum Gasteiger partial charge on any atom is -0.355 e. The number of nitrogens with zero attached hydrogens (tertiary/aromatic N) is 4. The van der Waals surface area contributed by atoms with Crippen LogP contribution in [0.1, 0.15) is 57.9 Å². The van der Waals surface area contributed by atoms with Crippen molar-refractivity contribution < 1.29 is 4.79 Å². The number of tetrazole rings is 1. The summed E-state index contributed by atoms with van der Waals surface area (Å²) in [6.45, 7) is 2.92. The number of hydrogen-bond acceptors (Lipinski definition) is 5. The van der Waals surface area contributed by atoms with E-state index in [1.165, 1.54) is 31.0 Å².